The summed E-state index contributed by atoms with van der Waals surface area (Å²) in [6.45, 7) is 7.53. The highest BCUT2D eigenvalue weighted by molar-refractivity contribution is 9.10. The molecule has 0 aliphatic heterocycles. The van der Waals surface area contributed by atoms with Crippen molar-refractivity contribution in [1.82, 2.24) is 4.90 Å². The van der Waals surface area contributed by atoms with Gasteiger partial charge in [0.1, 0.15) is 11.3 Å². The van der Waals surface area contributed by atoms with E-state index in [-0.39, 0.29) is 35.9 Å². The number of carboxylic acids is 1. The molecule has 0 saturated carbocycles. The van der Waals surface area contributed by atoms with E-state index < -0.39 is 5.97 Å². The van der Waals surface area contributed by atoms with Crippen LogP contribution in [0.2, 0.25) is 0 Å². The molecule has 0 radical (unpaired) electrons. The summed E-state index contributed by atoms with van der Waals surface area (Å²) in [4.78, 5) is 25.1. The zero-order valence-corrected chi connectivity index (χ0v) is 14.2. The zero-order chi connectivity index (χ0) is 16.2. The van der Waals surface area contributed by atoms with Gasteiger partial charge in [0.15, 0.2) is 6.61 Å². The smallest absolute Gasteiger partial charge is 0.339 e. The van der Waals surface area contributed by atoms with Gasteiger partial charge in [-0.2, -0.15) is 0 Å². The van der Waals surface area contributed by atoms with E-state index in [9.17, 15) is 9.59 Å². The lowest BCUT2D eigenvalue weighted by Crippen LogP contribution is -2.44. The highest BCUT2D eigenvalue weighted by atomic mass is 79.9. The second-order valence-corrected chi connectivity index (χ2v) is 6.14. The van der Waals surface area contributed by atoms with Gasteiger partial charge in [-0.25, -0.2) is 4.79 Å². The lowest BCUT2D eigenvalue weighted by molar-refractivity contribution is -0.137. The molecular formula is C15H20BrNO4. The second-order valence-electron chi connectivity index (χ2n) is 5.22. The van der Waals surface area contributed by atoms with Crippen molar-refractivity contribution < 1.29 is 19.4 Å². The predicted octanol–water partition coefficient (Wildman–Crippen LogP) is 3.17. The molecular weight excluding hydrogens is 338 g/mol. The number of carbonyl (C=O) groups excluding carboxylic acids is 1. The summed E-state index contributed by atoms with van der Waals surface area (Å²) in [7, 11) is 0. The quantitative estimate of drug-likeness (QED) is 0.848. The molecule has 0 aliphatic rings. The molecule has 0 bridgehead atoms. The van der Waals surface area contributed by atoms with Gasteiger partial charge in [0.2, 0.25) is 0 Å². The zero-order valence-electron chi connectivity index (χ0n) is 12.6. The van der Waals surface area contributed by atoms with E-state index in [2.05, 4.69) is 15.9 Å². The first-order chi connectivity index (χ1) is 9.73. The van der Waals surface area contributed by atoms with Crippen LogP contribution in [0, 0.1) is 0 Å². The third-order valence-corrected chi connectivity index (χ3v) is 3.42. The first-order valence-electron chi connectivity index (χ1n) is 6.70. The minimum absolute atomic E-state index is 0.0339. The average Bonchev–Trinajstić information content (AvgIpc) is 2.35. The molecule has 1 aromatic carbocycles. The Morgan fingerprint density at radius 2 is 1.81 bits per heavy atom. The molecule has 0 atom stereocenters. The monoisotopic (exact) mass is 357 g/mol. The third-order valence-electron chi connectivity index (χ3n) is 2.93. The molecule has 1 rings (SSSR count). The number of ether oxygens (including phenoxy) is 1. The van der Waals surface area contributed by atoms with Crippen molar-refractivity contribution in [3.8, 4) is 5.75 Å². The van der Waals surface area contributed by atoms with Crippen molar-refractivity contribution in [3.63, 3.8) is 0 Å². The van der Waals surface area contributed by atoms with E-state index in [1.54, 1.807) is 17.0 Å². The SMILES string of the molecule is CC(C)N(C(=O)COc1cc(Br)ccc1C(=O)O)C(C)C. The summed E-state index contributed by atoms with van der Waals surface area (Å²) in [5.41, 5.74) is 0.0339. The van der Waals surface area contributed by atoms with Crippen molar-refractivity contribution in [3.05, 3.63) is 28.2 Å². The molecule has 0 aliphatic carbocycles. The van der Waals surface area contributed by atoms with Gasteiger partial charge in [-0.1, -0.05) is 15.9 Å². The van der Waals surface area contributed by atoms with Crippen LogP contribution in [0.1, 0.15) is 38.1 Å². The second kappa shape index (κ2) is 7.45. The fourth-order valence-corrected chi connectivity index (χ4v) is 2.52. The number of hydrogen-bond acceptors (Lipinski definition) is 3. The maximum Gasteiger partial charge on any atom is 0.339 e. The van der Waals surface area contributed by atoms with E-state index in [1.165, 1.54) is 6.07 Å². The van der Waals surface area contributed by atoms with Crippen LogP contribution < -0.4 is 4.74 Å². The van der Waals surface area contributed by atoms with Crippen molar-refractivity contribution in [2.75, 3.05) is 6.61 Å². The van der Waals surface area contributed by atoms with Crippen LogP contribution in [0.15, 0.2) is 22.7 Å². The fourth-order valence-electron chi connectivity index (χ4n) is 2.18. The topological polar surface area (TPSA) is 66.8 Å². The van der Waals surface area contributed by atoms with Crippen molar-refractivity contribution >= 4 is 27.8 Å². The Morgan fingerprint density at radius 3 is 2.29 bits per heavy atom. The molecule has 1 aromatic rings. The summed E-state index contributed by atoms with van der Waals surface area (Å²) >= 11 is 3.26. The first kappa shape index (κ1) is 17.5. The lowest BCUT2D eigenvalue weighted by Gasteiger charge is -2.30. The van der Waals surface area contributed by atoms with Gasteiger partial charge in [0, 0.05) is 16.6 Å². The van der Waals surface area contributed by atoms with Crippen LogP contribution in [0.3, 0.4) is 0 Å². The Labute approximate surface area is 133 Å². The Balaban J connectivity index is 2.86. The van der Waals surface area contributed by atoms with E-state index in [4.69, 9.17) is 9.84 Å². The highest BCUT2D eigenvalue weighted by Crippen LogP contribution is 2.24. The van der Waals surface area contributed by atoms with Crippen LogP contribution in [-0.2, 0) is 4.79 Å². The van der Waals surface area contributed by atoms with Crippen molar-refractivity contribution in [2.24, 2.45) is 0 Å². The first-order valence-corrected chi connectivity index (χ1v) is 7.50. The van der Waals surface area contributed by atoms with Gasteiger partial charge >= 0.3 is 5.97 Å². The molecule has 5 nitrogen and oxygen atoms in total. The Morgan fingerprint density at radius 1 is 1.24 bits per heavy atom. The summed E-state index contributed by atoms with van der Waals surface area (Å²) in [5.74, 6) is -1.08. The molecule has 21 heavy (non-hydrogen) atoms. The number of nitrogens with zero attached hydrogens (tertiary/aromatic N) is 1. The van der Waals surface area contributed by atoms with Gasteiger partial charge in [-0.15, -0.1) is 0 Å². The number of aromatic carboxylic acids is 1. The molecule has 6 heteroatoms. The Kier molecular flexibility index (Phi) is 6.20. The van der Waals surface area contributed by atoms with Crippen LogP contribution >= 0.6 is 15.9 Å². The van der Waals surface area contributed by atoms with Crippen LogP contribution in [0.4, 0.5) is 0 Å². The molecule has 1 N–H and O–H groups in total. The standard InChI is InChI=1S/C15H20BrNO4/c1-9(2)17(10(3)4)14(18)8-21-13-7-11(16)5-6-12(13)15(19)20/h5-7,9-10H,8H2,1-4H3,(H,19,20). The molecule has 0 unspecified atom stereocenters. The summed E-state index contributed by atoms with van der Waals surface area (Å²) < 4.78 is 6.11. The molecule has 0 aromatic heterocycles. The van der Waals surface area contributed by atoms with Crippen LogP contribution in [-0.4, -0.2) is 40.6 Å². The van der Waals surface area contributed by atoms with Gasteiger partial charge in [-0.3, -0.25) is 4.79 Å². The average molecular weight is 358 g/mol. The summed E-state index contributed by atoms with van der Waals surface area (Å²) in [6.07, 6.45) is 0. The Hall–Kier alpha value is -1.56. The van der Waals surface area contributed by atoms with Gasteiger partial charge in [-0.05, 0) is 45.9 Å². The minimum Gasteiger partial charge on any atom is -0.483 e. The number of hydrogen-bond donors (Lipinski definition) is 1. The third kappa shape index (κ3) is 4.74. The minimum atomic E-state index is -1.09. The summed E-state index contributed by atoms with van der Waals surface area (Å²) in [5, 5.41) is 9.12. The number of halogens is 1. The molecule has 0 heterocycles. The maximum atomic E-state index is 12.2. The normalized spacial score (nSPS) is 10.8. The van der Waals surface area contributed by atoms with Crippen molar-refractivity contribution in [2.45, 2.75) is 39.8 Å². The number of amides is 1. The van der Waals surface area contributed by atoms with Crippen LogP contribution in [0.5, 0.6) is 5.75 Å². The van der Waals surface area contributed by atoms with E-state index >= 15 is 0 Å². The fraction of sp³-hybridized carbons (Fsp3) is 0.467. The molecule has 116 valence electrons. The van der Waals surface area contributed by atoms with Gasteiger partial charge < -0.3 is 14.7 Å². The number of carboxylic acid groups (broad SMARTS) is 1. The lowest BCUT2D eigenvalue weighted by atomic mass is 10.2. The molecule has 0 spiro atoms. The van der Waals surface area contributed by atoms with E-state index in [1.807, 2.05) is 27.7 Å². The van der Waals surface area contributed by atoms with Crippen LogP contribution in [0.25, 0.3) is 0 Å². The molecule has 0 fully saturated rings. The maximum absolute atomic E-state index is 12.2. The number of rotatable bonds is 6. The molecule has 1 amide bonds. The highest BCUT2D eigenvalue weighted by Gasteiger charge is 2.21. The van der Waals surface area contributed by atoms with Gasteiger partial charge in [0.25, 0.3) is 5.91 Å². The predicted molar refractivity (Wildman–Crippen MR) is 83.7 cm³/mol. The Bertz CT molecular complexity index is 520. The van der Waals surface area contributed by atoms with E-state index in [0.29, 0.717) is 4.47 Å². The number of carbonyl (C=O) groups is 2. The van der Waals surface area contributed by atoms with Crippen molar-refractivity contribution in [1.29, 1.82) is 0 Å². The largest absolute Gasteiger partial charge is 0.483 e. The van der Waals surface area contributed by atoms with Gasteiger partial charge in [0.05, 0.1) is 0 Å². The van der Waals surface area contributed by atoms with E-state index in [0.717, 1.165) is 0 Å². The molecule has 0 saturated heterocycles. The summed E-state index contributed by atoms with van der Waals surface area (Å²) in [6, 6.07) is 4.72. The number of benzene rings is 1.